The SMILES string of the molecule is COC(=O)CNC(=O)c1nc[nH]c1[N+](=O)[O-]. The standard InChI is InChI=1S/C7H8N4O5/c1-16-4(12)2-8-7(13)5-6(11(14)15)10-3-9-5/h3H,2H2,1H3,(H,8,13)(H,9,10). The first kappa shape index (κ1) is 11.6. The Hall–Kier alpha value is -2.45. The van der Waals surface area contributed by atoms with Gasteiger partial charge in [0.15, 0.2) is 6.33 Å². The van der Waals surface area contributed by atoms with Crippen LogP contribution >= 0.6 is 0 Å². The van der Waals surface area contributed by atoms with E-state index in [1.54, 1.807) is 0 Å². The van der Waals surface area contributed by atoms with Crippen LogP contribution in [0.3, 0.4) is 0 Å². The van der Waals surface area contributed by atoms with Crippen LogP contribution in [0.4, 0.5) is 5.82 Å². The fourth-order valence-corrected chi connectivity index (χ4v) is 0.901. The van der Waals surface area contributed by atoms with Crippen molar-refractivity contribution >= 4 is 17.7 Å². The third-order valence-electron chi connectivity index (χ3n) is 1.64. The molecule has 0 atom stereocenters. The maximum absolute atomic E-state index is 11.3. The molecule has 1 amide bonds. The normalized spacial score (nSPS) is 9.56. The van der Waals surface area contributed by atoms with Gasteiger partial charge in [-0.2, -0.15) is 0 Å². The first-order valence-corrected chi connectivity index (χ1v) is 4.09. The van der Waals surface area contributed by atoms with E-state index in [-0.39, 0.29) is 12.2 Å². The summed E-state index contributed by atoms with van der Waals surface area (Å²) in [6.45, 7) is -0.376. The molecule has 9 heteroatoms. The topological polar surface area (TPSA) is 127 Å². The lowest BCUT2D eigenvalue weighted by Gasteiger charge is -2.01. The molecule has 0 aliphatic carbocycles. The zero-order valence-corrected chi connectivity index (χ0v) is 8.22. The summed E-state index contributed by atoms with van der Waals surface area (Å²) in [5, 5.41) is 12.6. The number of nitrogens with one attached hydrogen (secondary N) is 2. The third-order valence-corrected chi connectivity index (χ3v) is 1.64. The van der Waals surface area contributed by atoms with Gasteiger partial charge in [0.2, 0.25) is 5.69 Å². The van der Waals surface area contributed by atoms with E-state index in [1.807, 2.05) is 0 Å². The monoisotopic (exact) mass is 228 g/mol. The number of esters is 1. The van der Waals surface area contributed by atoms with Gasteiger partial charge in [-0.15, -0.1) is 0 Å². The number of ether oxygens (including phenoxy) is 1. The van der Waals surface area contributed by atoms with Crippen LogP contribution in [0.25, 0.3) is 0 Å². The van der Waals surface area contributed by atoms with E-state index in [4.69, 9.17) is 0 Å². The van der Waals surface area contributed by atoms with Gasteiger partial charge in [0.1, 0.15) is 6.54 Å². The van der Waals surface area contributed by atoms with E-state index in [0.717, 1.165) is 13.4 Å². The van der Waals surface area contributed by atoms with Crippen molar-refractivity contribution < 1.29 is 19.2 Å². The molecule has 0 radical (unpaired) electrons. The lowest BCUT2D eigenvalue weighted by molar-refractivity contribution is -0.389. The highest BCUT2D eigenvalue weighted by Gasteiger charge is 2.22. The second-order valence-electron chi connectivity index (χ2n) is 2.62. The van der Waals surface area contributed by atoms with Gasteiger partial charge >= 0.3 is 11.8 Å². The quantitative estimate of drug-likeness (QED) is 0.395. The van der Waals surface area contributed by atoms with Gasteiger partial charge in [-0.25, -0.2) is 9.97 Å². The predicted molar refractivity (Wildman–Crippen MR) is 49.6 cm³/mol. The average Bonchev–Trinajstić information content (AvgIpc) is 2.74. The summed E-state index contributed by atoms with van der Waals surface area (Å²) < 4.78 is 4.28. The Morgan fingerprint density at radius 1 is 1.69 bits per heavy atom. The smallest absolute Gasteiger partial charge is 0.353 e. The van der Waals surface area contributed by atoms with Crippen molar-refractivity contribution in [1.82, 2.24) is 15.3 Å². The summed E-state index contributed by atoms with van der Waals surface area (Å²) in [5.74, 6) is -2.01. The van der Waals surface area contributed by atoms with Crippen LogP contribution in [0, 0.1) is 10.1 Å². The van der Waals surface area contributed by atoms with Gasteiger partial charge in [-0.3, -0.25) is 9.59 Å². The number of carbonyl (C=O) groups excluding carboxylic acids is 2. The van der Waals surface area contributed by atoms with Crippen molar-refractivity contribution in [2.75, 3.05) is 13.7 Å². The molecular weight excluding hydrogens is 220 g/mol. The van der Waals surface area contributed by atoms with E-state index in [2.05, 4.69) is 20.0 Å². The number of imidazole rings is 1. The molecule has 0 bridgehead atoms. The molecule has 1 aromatic heterocycles. The largest absolute Gasteiger partial charge is 0.468 e. The van der Waals surface area contributed by atoms with Crippen molar-refractivity contribution in [3.8, 4) is 0 Å². The molecule has 0 aliphatic rings. The number of aromatic nitrogens is 2. The number of aromatic amines is 1. The Bertz CT molecular complexity index is 426. The van der Waals surface area contributed by atoms with Crippen molar-refractivity contribution in [2.45, 2.75) is 0 Å². The summed E-state index contributed by atoms with van der Waals surface area (Å²) in [4.78, 5) is 37.4. The van der Waals surface area contributed by atoms with Gasteiger partial charge in [0.25, 0.3) is 5.91 Å². The first-order valence-electron chi connectivity index (χ1n) is 4.09. The lowest BCUT2D eigenvalue weighted by atomic mass is 10.4. The predicted octanol–water partition coefficient (Wildman–Crippen LogP) is -0.779. The highest BCUT2D eigenvalue weighted by molar-refractivity contribution is 5.97. The molecular formula is C7H8N4O5. The van der Waals surface area contributed by atoms with E-state index in [1.165, 1.54) is 0 Å². The number of H-pyrrole nitrogens is 1. The number of methoxy groups -OCH3 is 1. The molecule has 0 unspecified atom stereocenters. The van der Waals surface area contributed by atoms with Crippen molar-refractivity contribution in [1.29, 1.82) is 0 Å². The van der Waals surface area contributed by atoms with Crippen LogP contribution in [0.15, 0.2) is 6.33 Å². The van der Waals surface area contributed by atoms with Crippen LogP contribution in [0.1, 0.15) is 10.5 Å². The van der Waals surface area contributed by atoms with Gasteiger partial charge in [-0.1, -0.05) is 0 Å². The number of nitro groups is 1. The lowest BCUT2D eigenvalue weighted by Crippen LogP contribution is -2.30. The van der Waals surface area contributed by atoms with Crippen LogP contribution in [0.5, 0.6) is 0 Å². The fraction of sp³-hybridized carbons (Fsp3) is 0.286. The number of hydrogen-bond donors (Lipinski definition) is 2. The molecule has 1 aromatic rings. The number of amides is 1. The first-order chi connectivity index (χ1) is 7.56. The van der Waals surface area contributed by atoms with Crippen LogP contribution < -0.4 is 5.32 Å². The molecule has 86 valence electrons. The van der Waals surface area contributed by atoms with Gasteiger partial charge in [0, 0.05) is 0 Å². The van der Waals surface area contributed by atoms with Crippen LogP contribution in [-0.4, -0.2) is 40.4 Å². The molecule has 0 saturated carbocycles. The molecule has 0 aliphatic heterocycles. The molecule has 1 heterocycles. The van der Waals surface area contributed by atoms with Gasteiger partial charge < -0.3 is 20.2 Å². The van der Waals surface area contributed by atoms with E-state index in [9.17, 15) is 19.7 Å². The highest BCUT2D eigenvalue weighted by Crippen LogP contribution is 2.11. The molecule has 2 N–H and O–H groups in total. The molecule has 0 saturated heterocycles. The second kappa shape index (κ2) is 4.87. The minimum Gasteiger partial charge on any atom is -0.468 e. The molecule has 0 fully saturated rings. The van der Waals surface area contributed by atoms with E-state index in [0.29, 0.717) is 0 Å². The maximum atomic E-state index is 11.3. The Morgan fingerprint density at radius 2 is 2.38 bits per heavy atom. The summed E-state index contributed by atoms with van der Waals surface area (Å²) >= 11 is 0. The minimum atomic E-state index is -0.821. The number of nitrogens with zero attached hydrogens (tertiary/aromatic N) is 2. The van der Waals surface area contributed by atoms with Gasteiger partial charge in [-0.05, 0) is 4.92 Å². The van der Waals surface area contributed by atoms with Gasteiger partial charge in [0.05, 0.1) is 7.11 Å². The zero-order valence-electron chi connectivity index (χ0n) is 8.22. The fourth-order valence-electron chi connectivity index (χ4n) is 0.901. The molecule has 0 spiro atoms. The van der Waals surface area contributed by atoms with E-state index >= 15 is 0 Å². The number of hydrogen-bond acceptors (Lipinski definition) is 6. The molecule has 0 aromatic carbocycles. The minimum absolute atomic E-state index is 0.376. The summed E-state index contributed by atoms with van der Waals surface area (Å²) in [7, 11) is 1.16. The van der Waals surface area contributed by atoms with Crippen LogP contribution in [-0.2, 0) is 9.53 Å². The summed E-state index contributed by atoms with van der Waals surface area (Å²) in [6.07, 6.45) is 1.02. The molecule has 1 rings (SSSR count). The van der Waals surface area contributed by atoms with Crippen molar-refractivity contribution in [3.63, 3.8) is 0 Å². The Labute approximate surface area is 89.0 Å². The zero-order chi connectivity index (χ0) is 12.1. The van der Waals surface area contributed by atoms with E-state index < -0.39 is 22.6 Å². The molecule has 16 heavy (non-hydrogen) atoms. The summed E-state index contributed by atoms with van der Waals surface area (Å²) in [5.41, 5.74) is -0.381. The second-order valence-corrected chi connectivity index (χ2v) is 2.62. The maximum Gasteiger partial charge on any atom is 0.353 e. The Morgan fingerprint density at radius 3 is 2.94 bits per heavy atom. The van der Waals surface area contributed by atoms with Crippen molar-refractivity contribution in [3.05, 3.63) is 22.1 Å². The van der Waals surface area contributed by atoms with Crippen LogP contribution in [0.2, 0.25) is 0 Å². The van der Waals surface area contributed by atoms with Crippen molar-refractivity contribution in [2.24, 2.45) is 0 Å². The third kappa shape index (κ3) is 2.53. The summed E-state index contributed by atoms with van der Waals surface area (Å²) in [6, 6.07) is 0. The highest BCUT2D eigenvalue weighted by atomic mass is 16.6. The Kier molecular flexibility index (Phi) is 3.53. The number of carbonyl (C=O) groups is 2. The number of rotatable bonds is 4. The average molecular weight is 228 g/mol. The Balaban J connectivity index is 2.70. The molecule has 9 nitrogen and oxygen atoms in total.